The highest BCUT2D eigenvalue weighted by molar-refractivity contribution is 6.25. The normalized spacial score (nSPS) is 24.8. The maximum Gasteiger partial charge on any atom is 0.329 e. The van der Waals surface area contributed by atoms with Crippen molar-refractivity contribution in [1.29, 1.82) is 0 Å². The number of phenols is 1. The van der Waals surface area contributed by atoms with Crippen LogP contribution in [0.2, 0.25) is 0 Å². The zero-order valence-corrected chi connectivity index (χ0v) is 34.3. The molecule has 0 amide bonds. The number of carboxylic acids is 2. The zero-order valence-electron chi connectivity index (χ0n) is 34.3. The van der Waals surface area contributed by atoms with E-state index >= 15 is 0 Å². The van der Waals surface area contributed by atoms with E-state index in [2.05, 4.69) is 79.3 Å². The number of Topliss-reactive ketones (excluding diaryl/α,β-unsaturated/α-hetero) is 1. The summed E-state index contributed by atoms with van der Waals surface area (Å²) in [6, 6.07) is 3.34. The molecule has 0 aliphatic carbocycles. The van der Waals surface area contributed by atoms with Crippen molar-refractivity contribution < 1.29 is 29.7 Å². The van der Waals surface area contributed by atoms with E-state index in [1.54, 1.807) is 0 Å². The number of piperidine rings is 2. The molecule has 3 N–H and O–H groups in total. The quantitative estimate of drug-likeness (QED) is 0.164. The van der Waals surface area contributed by atoms with E-state index in [0.29, 0.717) is 12.0 Å². The number of nitrogens with zero attached hydrogens (tertiary/aromatic N) is 2. The summed E-state index contributed by atoms with van der Waals surface area (Å²) in [6.45, 7) is 30.0. The number of ketones is 1. The number of benzene rings is 1. The highest BCUT2D eigenvalue weighted by Crippen LogP contribution is 2.54. The van der Waals surface area contributed by atoms with Crippen LogP contribution < -0.4 is 0 Å². The third-order valence-electron chi connectivity index (χ3n) is 13.8. The van der Waals surface area contributed by atoms with Crippen molar-refractivity contribution in [1.82, 2.24) is 9.80 Å². The van der Waals surface area contributed by atoms with Crippen LogP contribution in [-0.2, 0) is 20.4 Å². The lowest BCUT2D eigenvalue weighted by Crippen LogP contribution is -2.66. The second kappa shape index (κ2) is 13.5. The van der Waals surface area contributed by atoms with Gasteiger partial charge in [-0.1, -0.05) is 54.0 Å². The number of carboxylic acid groups (broad SMARTS) is 2. The van der Waals surface area contributed by atoms with Gasteiger partial charge in [-0.25, -0.2) is 0 Å². The Balaban J connectivity index is 2.14. The lowest BCUT2D eigenvalue weighted by Gasteiger charge is -2.62. The number of aromatic hydroxyl groups is 1. The highest BCUT2D eigenvalue weighted by Gasteiger charge is 2.57. The molecule has 2 unspecified atom stereocenters. The van der Waals surface area contributed by atoms with Gasteiger partial charge in [0.2, 0.25) is 5.41 Å². The molecule has 0 saturated carbocycles. The molecule has 50 heavy (non-hydrogen) atoms. The van der Waals surface area contributed by atoms with Crippen molar-refractivity contribution in [2.75, 3.05) is 14.1 Å². The average molecular weight is 699 g/mol. The molecule has 1 aromatic rings. The fourth-order valence-corrected chi connectivity index (χ4v) is 9.53. The topological polar surface area (TPSA) is 118 Å². The van der Waals surface area contributed by atoms with Gasteiger partial charge in [0, 0.05) is 27.7 Å². The largest absolute Gasteiger partial charge is 0.507 e. The number of carbonyl (C=O) groups is 3. The Bertz CT molecular complexity index is 1400. The summed E-state index contributed by atoms with van der Waals surface area (Å²) in [7, 11) is 4.40. The van der Waals surface area contributed by atoms with Crippen molar-refractivity contribution in [3.8, 4) is 5.75 Å². The van der Waals surface area contributed by atoms with Crippen LogP contribution in [0.3, 0.4) is 0 Å². The van der Waals surface area contributed by atoms with E-state index in [4.69, 9.17) is 0 Å². The van der Waals surface area contributed by atoms with Gasteiger partial charge in [0.1, 0.15) is 5.75 Å². The molecule has 2 saturated heterocycles. The van der Waals surface area contributed by atoms with Gasteiger partial charge in [-0.3, -0.25) is 24.2 Å². The van der Waals surface area contributed by atoms with Gasteiger partial charge in [-0.2, -0.15) is 0 Å². The second-order valence-electron chi connectivity index (χ2n) is 20.2. The summed E-state index contributed by atoms with van der Waals surface area (Å²) in [4.78, 5) is 45.8. The van der Waals surface area contributed by atoms with Crippen LogP contribution in [0.5, 0.6) is 5.75 Å². The van der Waals surface area contributed by atoms with Gasteiger partial charge < -0.3 is 15.3 Å². The minimum Gasteiger partial charge on any atom is -0.507 e. The lowest BCUT2D eigenvalue weighted by molar-refractivity contribution is -0.161. The minimum atomic E-state index is -2.74. The minimum absolute atomic E-state index is 0.0229. The summed E-state index contributed by atoms with van der Waals surface area (Å²) in [5.74, 6) is -4.07. The summed E-state index contributed by atoms with van der Waals surface area (Å²) >= 11 is 0. The Labute approximate surface area is 303 Å². The molecule has 8 heteroatoms. The Morgan fingerprint density at radius 1 is 0.760 bits per heavy atom. The molecule has 2 fully saturated rings. The van der Waals surface area contributed by atoms with Crippen molar-refractivity contribution >= 4 is 17.7 Å². The fourth-order valence-electron chi connectivity index (χ4n) is 9.53. The van der Waals surface area contributed by atoms with E-state index in [1.807, 2.05) is 47.6 Å². The monoisotopic (exact) mass is 699 g/mol. The summed E-state index contributed by atoms with van der Waals surface area (Å²) in [5.41, 5.74) is -3.06. The van der Waals surface area contributed by atoms with E-state index < -0.39 is 34.0 Å². The third-order valence-corrected chi connectivity index (χ3v) is 13.8. The molecule has 0 radical (unpaired) electrons. The molecular weight excluding hydrogens is 628 g/mol. The van der Waals surface area contributed by atoms with Crippen LogP contribution in [-0.4, -0.2) is 79.1 Å². The van der Waals surface area contributed by atoms with Crippen LogP contribution in [0, 0.1) is 23.2 Å². The first-order valence-electron chi connectivity index (χ1n) is 18.8. The smallest absolute Gasteiger partial charge is 0.329 e. The second-order valence-corrected chi connectivity index (χ2v) is 20.2. The third kappa shape index (κ3) is 7.40. The van der Waals surface area contributed by atoms with Crippen LogP contribution in [0.15, 0.2) is 12.1 Å². The van der Waals surface area contributed by atoms with Crippen LogP contribution in [0.1, 0.15) is 163 Å². The number of phenolic OH excluding ortho intramolecular Hbond substituents is 1. The average Bonchev–Trinajstić information content (AvgIpc) is 2.94. The van der Waals surface area contributed by atoms with Crippen molar-refractivity contribution in [2.24, 2.45) is 23.2 Å². The lowest BCUT2D eigenvalue weighted by atomic mass is 9.57. The van der Waals surface area contributed by atoms with Crippen molar-refractivity contribution in [3.63, 3.8) is 0 Å². The van der Waals surface area contributed by atoms with Crippen molar-refractivity contribution in [3.05, 3.63) is 28.8 Å². The molecule has 2 aliphatic rings. The van der Waals surface area contributed by atoms with Gasteiger partial charge in [0.05, 0.1) is 5.56 Å². The van der Waals surface area contributed by atoms with Gasteiger partial charge in [-0.05, 0) is 148 Å². The van der Waals surface area contributed by atoms with E-state index in [-0.39, 0.29) is 64.1 Å². The Hall–Kier alpha value is -2.45. The van der Waals surface area contributed by atoms with E-state index in [1.165, 1.54) is 6.07 Å². The van der Waals surface area contributed by atoms with Gasteiger partial charge in [0.25, 0.3) is 0 Å². The van der Waals surface area contributed by atoms with E-state index in [9.17, 15) is 29.7 Å². The van der Waals surface area contributed by atoms with E-state index in [0.717, 1.165) is 31.2 Å². The Morgan fingerprint density at radius 2 is 1.18 bits per heavy atom. The van der Waals surface area contributed by atoms with Gasteiger partial charge >= 0.3 is 11.9 Å². The number of hydrogen-bond acceptors (Lipinski definition) is 6. The predicted octanol–water partition coefficient (Wildman–Crippen LogP) is 8.91. The molecule has 2 atom stereocenters. The number of rotatable bonds is 10. The standard InChI is InChI=1S/C42H70N2O6/c1-36(2,3)26-24-28(32(45)31(25-26)37(4,5)6)33(46)42(34(47)48,35(49)50)21-17-18-27(29-19-22-38(7,8)43(15)40(29,11)12)30-20-23-39(9,10)44(16)41(30,13)14/h24-25,27,29-30,45H,17-23H2,1-16H3,(H,47,48)(H,49,50). The molecule has 0 aromatic heterocycles. The number of hydrogen-bond donors (Lipinski definition) is 3. The van der Waals surface area contributed by atoms with Crippen LogP contribution in [0.4, 0.5) is 0 Å². The molecule has 0 spiro atoms. The first-order chi connectivity index (χ1) is 22.4. The fraction of sp³-hybridized carbons (Fsp3) is 0.786. The predicted molar refractivity (Wildman–Crippen MR) is 202 cm³/mol. The molecule has 8 nitrogen and oxygen atoms in total. The molecule has 1 aromatic carbocycles. The molecule has 2 heterocycles. The molecule has 3 rings (SSSR count). The van der Waals surface area contributed by atoms with Crippen LogP contribution in [0.25, 0.3) is 0 Å². The maximum atomic E-state index is 14.5. The van der Waals surface area contributed by atoms with Gasteiger partial charge in [0.15, 0.2) is 5.78 Å². The molecule has 2 aliphatic heterocycles. The van der Waals surface area contributed by atoms with Gasteiger partial charge in [-0.15, -0.1) is 0 Å². The Morgan fingerprint density at radius 3 is 1.54 bits per heavy atom. The number of carbonyl (C=O) groups excluding carboxylic acids is 1. The molecule has 0 bridgehead atoms. The van der Waals surface area contributed by atoms with Crippen LogP contribution >= 0.6 is 0 Å². The Kier molecular flexibility index (Phi) is 11.3. The first kappa shape index (κ1) is 42.0. The number of aliphatic carboxylic acids is 2. The molecule has 284 valence electrons. The summed E-state index contributed by atoms with van der Waals surface area (Å²) in [5, 5.41) is 32.9. The zero-order chi connectivity index (χ0) is 38.8. The maximum absolute atomic E-state index is 14.5. The number of likely N-dealkylation sites (tertiary alicyclic amines) is 2. The first-order valence-corrected chi connectivity index (χ1v) is 18.8. The van der Waals surface area contributed by atoms with Crippen molar-refractivity contribution in [2.45, 2.75) is 175 Å². The molecular formula is C42H70N2O6. The highest BCUT2D eigenvalue weighted by atomic mass is 16.4. The summed E-state index contributed by atoms with van der Waals surface area (Å²) < 4.78 is 0. The summed E-state index contributed by atoms with van der Waals surface area (Å²) in [6.07, 6.45) is 4.56. The SMILES string of the molecule is CN1C(C)(C)CCC(C(CCCC(C(=O)O)(C(=O)O)C(=O)c2cc(C(C)(C)C)cc(C(C)(C)C)c2O)C2CCC(C)(C)N(C)C2(C)C)C1(C)C.